The summed E-state index contributed by atoms with van der Waals surface area (Å²) in [6, 6.07) is 7.11. The van der Waals surface area contributed by atoms with Crippen molar-refractivity contribution < 1.29 is 23.3 Å². The maximum Gasteiger partial charge on any atom is 0.229 e. The van der Waals surface area contributed by atoms with Gasteiger partial charge in [0.2, 0.25) is 5.95 Å². The number of benzene rings is 2. The van der Waals surface area contributed by atoms with Gasteiger partial charge in [0.25, 0.3) is 0 Å². The van der Waals surface area contributed by atoms with Crippen molar-refractivity contribution >= 4 is 23.1 Å². The van der Waals surface area contributed by atoms with Gasteiger partial charge in [-0.25, -0.2) is 9.37 Å². The first kappa shape index (κ1) is 21.9. The van der Waals surface area contributed by atoms with Crippen LogP contribution in [-0.2, 0) is 0 Å². The second-order valence-electron chi connectivity index (χ2n) is 6.64. The number of nitrogens with zero attached hydrogens (tertiary/aromatic N) is 2. The van der Waals surface area contributed by atoms with Gasteiger partial charge in [-0.1, -0.05) is 0 Å². The fraction of sp³-hybridized carbons (Fsp3) is 0.273. The zero-order chi connectivity index (χ0) is 22.5. The molecule has 2 N–H and O–H groups in total. The predicted molar refractivity (Wildman–Crippen MR) is 117 cm³/mol. The van der Waals surface area contributed by atoms with Crippen molar-refractivity contribution in [1.82, 2.24) is 9.97 Å². The van der Waals surface area contributed by atoms with Crippen LogP contribution in [0.3, 0.4) is 0 Å². The first-order chi connectivity index (χ1) is 14.9. The van der Waals surface area contributed by atoms with E-state index < -0.39 is 5.82 Å². The molecule has 0 aliphatic carbocycles. The van der Waals surface area contributed by atoms with Crippen LogP contribution in [0.1, 0.15) is 11.1 Å². The van der Waals surface area contributed by atoms with E-state index in [1.165, 1.54) is 7.11 Å². The molecule has 0 unspecified atom stereocenters. The van der Waals surface area contributed by atoms with E-state index in [2.05, 4.69) is 20.6 Å². The van der Waals surface area contributed by atoms with Crippen LogP contribution in [-0.4, -0.2) is 38.4 Å². The van der Waals surface area contributed by atoms with Gasteiger partial charge in [-0.05, 0) is 37.6 Å². The molecule has 8 nitrogen and oxygen atoms in total. The summed E-state index contributed by atoms with van der Waals surface area (Å²) < 4.78 is 35.9. The minimum Gasteiger partial charge on any atom is -0.496 e. The highest BCUT2D eigenvalue weighted by Gasteiger charge is 2.15. The standard InChI is InChI=1S/C22H25FN4O4/c1-12-9-14(10-18(29-4)19(12)30-5)25-22-24-11-15(23)21(27-22)26-16-7-8-17(28-3)13(2)20(16)31-6/h7-11H,1-6H3,(H2,24,25,26,27). The molecule has 3 rings (SSSR count). The lowest BCUT2D eigenvalue weighted by Gasteiger charge is -2.16. The Hall–Kier alpha value is -3.75. The van der Waals surface area contributed by atoms with Gasteiger partial charge in [0, 0.05) is 17.3 Å². The van der Waals surface area contributed by atoms with Crippen molar-refractivity contribution in [2.45, 2.75) is 13.8 Å². The number of nitrogens with one attached hydrogen (secondary N) is 2. The van der Waals surface area contributed by atoms with E-state index in [9.17, 15) is 4.39 Å². The minimum atomic E-state index is -0.607. The summed E-state index contributed by atoms with van der Waals surface area (Å²) in [7, 11) is 6.25. The third-order valence-electron chi connectivity index (χ3n) is 4.70. The summed E-state index contributed by atoms with van der Waals surface area (Å²) in [4.78, 5) is 8.30. The average Bonchev–Trinajstić information content (AvgIpc) is 2.76. The highest BCUT2D eigenvalue weighted by atomic mass is 19.1. The zero-order valence-corrected chi connectivity index (χ0v) is 18.3. The molecule has 1 heterocycles. The third-order valence-corrected chi connectivity index (χ3v) is 4.70. The molecule has 3 aromatic rings. The van der Waals surface area contributed by atoms with E-state index in [4.69, 9.17) is 18.9 Å². The summed E-state index contributed by atoms with van der Waals surface area (Å²) in [6.07, 6.45) is 1.09. The molecule has 0 spiro atoms. The lowest BCUT2D eigenvalue weighted by molar-refractivity contribution is 0.353. The van der Waals surface area contributed by atoms with Gasteiger partial charge in [-0.2, -0.15) is 4.98 Å². The molecular weight excluding hydrogens is 403 g/mol. The maximum atomic E-state index is 14.4. The first-order valence-corrected chi connectivity index (χ1v) is 9.42. The Bertz CT molecular complexity index is 1090. The number of methoxy groups -OCH3 is 4. The summed E-state index contributed by atoms with van der Waals surface area (Å²) in [5.41, 5.74) is 2.86. The molecular formula is C22H25FN4O4. The Labute approximate surface area is 180 Å². The van der Waals surface area contributed by atoms with E-state index in [0.717, 1.165) is 17.3 Å². The lowest BCUT2D eigenvalue weighted by Crippen LogP contribution is -2.05. The molecule has 0 bridgehead atoms. The summed E-state index contributed by atoms with van der Waals surface area (Å²) in [5.74, 6) is 1.99. The molecule has 0 amide bonds. The van der Waals surface area contributed by atoms with Crippen LogP contribution in [0.15, 0.2) is 30.5 Å². The summed E-state index contributed by atoms with van der Waals surface area (Å²) in [6.45, 7) is 3.74. The van der Waals surface area contributed by atoms with E-state index >= 15 is 0 Å². The number of rotatable bonds is 8. The van der Waals surface area contributed by atoms with Gasteiger partial charge in [-0.15, -0.1) is 0 Å². The number of aromatic nitrogens is 2. The van der Waals surface area contributed by atoms with Crippen molar-refractivity contribution in [1.29, 1.82) is 0 Å². The van der Waals surface area contributed by atoms with E-state index in [1.54, 1.807) is 39.5 Å². The van der Waals surface area contributed by atoms with Crippen LogP contribution >= 0.6 is 0 Å². The number of hydrogen-bond donors (Lipinski definition) is 2. The smallest absolute Gasteiger partial charge is 0.229 e. The average molecular weight is 428 g/mol. The van der Waals surface area contributed by atoms with Crippen LogP contribution < -0.4 is 29.6 Å². The predicted octanol–water partition coefficient (Wildman–Crippen LogP) is 4.75. The molecule has 0 radical (unpaired) electrons. The molecule has 0 aliphatic heterocycles. The maximum absolute atomic E-state index is 14.4. The van der Waals surface area contributed by atoms with Crippen LogP contribution in [0.25, 0.3) is 0 Å². The largest absolute Gasteiger partial charge is 0.496 e. The first-order valence-electron chi connectivity index (χ1n) is 9.42. The van der Waals surface area contributed by atoms with Crippen molar-refractivity contribution in [3.05, 3.63) is 47.4 Å². The Kier molecular flexibility index (Phi) is 6.64. The number of hydrogen-bond acceptors (Lipinski definition) is 8. The van der Waals surface area contributed by atoms with E-state index in [0.29, 0.717) is 34.4 Å². The normalized spacial score (nSPS) is 10.4. The van der Waals surface area contributed by atoms with Gasteiger partial charge < -0.3 is 29.6 Å². The molecule has 9 heteroatoms. The van der Waals surface area contributed by atoms with Crippen LogP contribution in [0, 0.1) is 19.7 Å². The molecule has 0 atom stereocenters. The quantitative estimate of drug-likeness (QED) is 0.531. The highest BCUT2D eigenvalue weighted by Crippen LogP contribution is 2.37. The fourth-order valence-corrected chi connectivity index (χ4v) is 3.25. The van der Waals surface area contributed by atoms with Gasteiger partial charge in [0.15, 0.2) is 23.1 Å². The second kappa shape index (κ2) is 9.38. The minimum absolute atomic E-state index is 0.00225. The Balaban J connectivity index is 1.92. The molecule has 164 valence electrons. The molecule has 0 saturated heterocycles. The van der Waals surface area contributed by atoms with Gasteiger partial charge in [0.1, 0.15) is 11.5 Å². The monoisotopic (exact) mass is 428 g/mol. The van der Waals surface area contributed by atoms with E-state index in [-0.39, 0.29) is 11.8 Å². The molecule has 0 saturated carbocycles. The number of aryl methyl sites for hydroxylation is 1. The Morgan fingerprint density at radius 1 is 0.839 bits per heavy atom. The Morgan fingerprint density at radius 2 is 1.55 bits per heavy atom. The highest BCUT2D eigenvalue weighted by molar-refractivity contribution is 5.70. The van der Waals surface area contributed by atoms with Crippen LogP contribution in [0.5, 0.6) is 23.0 Å². The van der Waals surface area contributed by atoms with Gasteiger partial charge in [-0.3, -0.25) is 0 Å². The van der Waals surface area contributed by atoms with Gasteiger partial charge in [0.05, 0.1) is 40.3 Å². The van der Waals surface area contributed by atoms with Crippen molar-refractivity contribution in [3.63, 3.8) is 0 Å². The SMILES string of the molecule is COc1ccc(Nc2nc(Nc3cc(C)c(OC)c(OC)c3)ncc2F)c(OC)c1C. The number of halogens is 1. The molecule has 0 fully saturated rings. The van der Waals surface area contributed by atoms with E-state index in [1.807, 2.05) is 19.9 Å². The number of anilines is 4. The second-order valence-corrected chi connectivity index (χ2v) is 6.64. The van der Waals surface area contributed by atoms with Crippen LogP contribution in [0.2, 0.25) is 0 Å². The summed E-state index contributed by atoms with van der Waals surface area (Å²) >= 11 is 0. The molecule has 31 heavy (non-hydrogen) atoms. The van der Waals surface area contributed by atoms with Gasteiger partial charge >= 0.3 is 0 Å². The molecule has 2 aromatic carbocycles. The summed E-state index contributed by atoms with van der Waals surface area (Å²) in [5, 5.41) is 6.04. The third kappa shape index (κ3) is 4.55. The van der Waals surface area contributed by atoms with Crippen molar-refractivity contribution in [3.8, 4) is 23.0 Å². The fourth-order valence-electron chi connectivity index (χ4n) is 3.25. The van der Waals surface area contributed by atoms with Crippen LogP contribution in [0.4, 0.5) is 27.5 Å². The topological polar surface area (TPSA) is 86.8 Å². The lowest BCUT2D eigenvalue weighted by atomic mass is 10.1. The molecule has 0 aliphatic rings. The number of ether oxygens (including phenoxy) is 4. The molecule has 1 aromatic heterocycles. The Morgan fingerprint density at radius 3 is 2.19 bits per heavy atom. The zero-order valence-electron chi connectivity index (χ0n) is 18.3. The van der Waals surface area contributed by atoms with Crippen molar-refractivity contribution in [2.75, 3.05) is 39.1 Å². The van der Waals surface area contributed by atoms with Crippen molar-refractivity contribution in [2.24, 2.45) is 0 Å².